The van der Waals surface area contributed by atoms with E-state index in [1.165, 1.54) is 167 Å². The van der Waals surface area contributed by atoms with Crippen molar-refractivity contribution in [3.05, 3.63) is 53.6 Å². The largest absolute Gasteiger partial charge is 1.00 e. The molecule has 0 saturated heterocycles. The van der Waals surface area contributed by atoms with E-state index >= 15 is 0 Å². The van der Waals surface area contributed by atoms with Crippen molar-refractivity contribution in [2.45, 2.75) is 250 Å². The van der Waals surface area contributed by atoms with Crippen LogP contribution in [0.5, 0.6) is 0 Å². The minimum absolute atomic E-state index is 0. The van der Waals surface area contributed by atoms with E-state index in [4.69, 9.17) is 9.47 Å². The van der Waals surface area contributed by atoms with Gasteiger partial charge in [0.25, 0.3) is 0 Å². The summed E-state index contributed by atoms with van der Waals surface area (Å²) in [6.45, 7) is 4.86. The van der Waals surface area contributed by atoms with E-state index < -0.39 is 27.0 Å². The van der Waals surface area contributed by atoms with Gasteiger partial charge in [-0.3, -0.25) is 0 Å². The Bertz CT molecular complexity index is 1340. The van der Waals surface area contributed by atoms with E-state index in [1.54, 1.807) is 0 Å². The summed E-state index contributed by atoms with van der Waals surface area (Å²) in [5.74, 6) is -1.57. The van der Waals surface area contributed by atoms with Gasteiger partial charge in [-0.25, -0.2) is 18.0 Å². The first-order valence-electron chi connectivity index (χ1n) is 25.0. The monoisotopic (exact) mass is 897 g/mol. The van der Waals surface area contributed by atoms with Gasteiger partial charge in [0.05, 0.1) is 29.2 Å². The summed E-state index contributed by atoms with van der Waals surface area (Å²) in [6, 6.07) is 3.12. The Hall–Kier alpha value is -0.814. The Labute approximate surface area is 418 Å². The van der Waals surface area contributed by atoms with Crippen molar-refractivity contribution in [3.63, 3.8) is 0 Å². The molecule has 0 unspecified atom stereocenters. The maximum atomic E-state index is 13.0. The Balaban J connectivity index is 0.0000360. The number of hydrogen-bond acceptors (Lipinski definition) is 7. The SMILES string of the molecule is CCCCCCCCCCCCCCC/C=C/CCCCCOC(=O)c1ccc(S(=O)(=O)[O-])cc1C(=O)OCCCCC/C=C/CCCCCCCCCCCCCCC.[K+]. The minimum Gasteiger partial charge on any atom is -0.744 e. The molecule has 346 valence electrons. The van der Waals surface area contributed by atoms with Crippen LogP contribution in [0.3, 0.4) is 0 Å². The predicted octanol–water partition coefficient (Wildman–Crippen LogP) is 13.1. The molecule has 0 aliphatic heterocycles. The molecule has 61 heavy (non-hydrogen) atoms. The van der Waals surface area contributed by atoms with Gasteiger partial charge in [0.15, 0.2) is 0 Å². The smallest absolute Gasteiger partial charge is 0.744 e. The summed E-state index contributed by atoms with van der Waals surface area (Å²) in [6.07, 6.45) is 53.8. The first-order chi connectivity index (χ1) is 29.3. The van der Waals surface area contributed by atoms with Gasteiger partial charge in [0.1, 0.15) is 10.1 Å². The third-order valence-corrected chi connectivity index (χ3v) is 12.3. The average molecular weight is 897 g/mol. The molecule has 0 radical (unpaired) electrons. The number of allylic oxidation sites excluding steroid dienone is 4. The number of benzene rings is 1. The molecule has 0 fully saturated rings. The van der Waals surface area contributed by atoms with E-state index in [1.807, 2.05) is 0 Å². The number of unbranched alkanes of at least 4 members (excludes halogenated alkanes) is 32. The molecule has 7 nitrogen and oxygen atoms in total. The maximum Gasteiger partial charge on any atom is 1.00 e. The van der Waals surface area contributed by atoms with Crippen molar-refractivity contribution < 1.29 is 83.4 Å². The van der Waals surface area contributed by atoms with E-state index in [9.17, 15) is 22.6 Å². The first kappa shape index (κ1) is 60.2. The third kappa shape index (κ3) is 37.1. The van der Waals surface area contributed by atoms with E-state index in [0.29, 0.717) is 12.8 Å². The Morgan fingerprint density at radius 3 is 1.03 bits per heavy atom. The quantitative estimate of drug-likeness (QED) is 0.0211. The molecule has 1 aromatic rings. The van der Waals surface area contributed by atoms with Gasteiger partial charge in [-0.1, -0.05) is 192 Å². The normalized spacial score (nSPS) is 11.7. The molecular weight excluding hydrogens is 808 g/mol. The average Bonchev–Trinajstić information content (AvgIpc) is 3.24. The fraction of sp³-hybridized carbons (Fsp3) is 0.769. The van der Waals surface area contributed by atoms with Crippen molar-refractivity contribution in [3.8, 4) is 0 Å². The van der Waals surface area contributed by atoms with Crippen LogP contribution in [-0.4, -0.2) is 38.1 Å². The van der Waals surface area contributed by atoms with Crippen molar-refractivity contribution >= 4 is 22.1 Å². The second kappa shape index (κ2) is 44.4. The molecule has 0 aliphatic rings. The van der Waals surface area contributed by atoms with Crippen molar-refractivity contribution in [1.29, 1.82) is 0 Å². The summed E-state index contributed by atoms with van der Waals surface area (Å²) in [7, 11) is -4.83. The second-order valence-electron chi connectivity index (χ2n) is 17.1. The number of rotatable bonds is 43. The first-order valence-corrected chi connectivity index (χ1v) is 26.5. The number of carbonyl (C=O) groups is 2. The molecule has 1 aromatic carbocycles. The molecule has 0 amide bonds. The van der Waals surface area contributed by atoms with Crippen LogP contribution in [0.25, 0.3) is 0 Å². The van der Waals surface area contributed by atoms with Crippen LogP contribution in [0.15, 0.2) is 47.4 Å². The zero-order chi connectivity index (χ0) is 43.6. The van der Waals surface area contributed by atoms with Gasteiger partial charge in [-0.05, 0) is 95.2 Å². The van der Waals surface area contributed by atoms with Crippen molar-refractivity contribution in [2.24, 2.45) is 0 Å². The molecule has 1 rings (SSSR count). The predicted molar refractivity (Wildman–Crippen MR) is 251 cm³/mol. The Morgan fingerprint density at radius 2 is 0.721 bits per heavy atom. The second-order valence-corrected chi connectivity index (χ2v) is 18.5. The Kier molecular flexibility index (Phi) is 43.8. The van der Waals surface area contributed by atoms with Crippen molar-refractivity contribution in [1.82, 2.24) is 0 Å². The van der Waals surface area contributed by atoms with Crippen LogP contribution in [0.1, 0.15) is 266 Å². The molecular formula is C52H89KO7S. The van der Waals surface area contributed by atoms with Gasteiger partial charge in [0.2, 0.25) is 0 Å². The van der Waals surface area contributed by atoms with E-state index in [0.717, 1.165) is 69.6 Å². The molecule has 0 saturated carbocycles. The van der Waals surface area contributed by atoms with Crippen LogP contribution in [0.2, 0.25) is 0 Å². The van der Waals surface area contributed by atoms with Crippen LogP contribution in [0, 0.1) is 0 Å². The summed E-state index contributed by atoms with van der Waals surface area (Å²) in [5, 5.41) is 0. The van der Waals surface area contributed by atoms with Crippen LogP contribution < -0.4 is 51.4 Å². The molecule has 0 aromatic heterocycles. The van der Waals surface area contributed by atoms with Gasteiger partial charge in [-0.15, -0.1) is 0 Å². The number of hydrogen-bond donors (Lipinski definition) is 0. The summed E-state index contributed by atoms with van der Waals surface area (Å²) in [5.41, 5.74) is -0.362. The van der Waals surface area contributed by atoms with E-state index in [-0.39, 0.29) is 75.7 Å². The summed E-state index contributed by atoms with van der Waals surface area (Å²) in [4.78, 5) is 25.3. The summed E-state index contributed by atoms with van der Waals surface area (Å²) < 4.78 is 45.9. The number of esters is 2. The van der Waals surface area contributed by atoms with Gasteiger partial charge in [-0.2, -0.15) is 0 Å². The number of carbonyl (C=O) groups excluding carboxylic acids is 2. The maximum absolute atomic E-state index is 13.0. The van der Waals surface area contributed by atoms with Gasteiger partial charge in [0, 0.05) is 0 Å². The van der Waals surface area contributed by atoms with Crippen LogP contribution in [0.4, 0.5) is 0 Å². The third-order valence-electron chi connectivity index (χ3n) is 11.5. The molecule has 9 heteroatoms. The van der Waals surface area contributed by atoms with Crippen molar-refractivity contribution in [2.75, 3.05) is 13.2 Å². The molecule has 0 bridgehead atoms. The minimum atomic E-state index is -4.83. The zero-order valence-corrected chi connectivity index (χ0v) is 43.6. The fourth-order valence-corrected chi connectivity index (χ4v) is 8.12. The standard InChI is InChI=1S/C52H90O7S.K/c1-3-5-7-9-11-13-15-17-19-21-23-25-27-29-31-33-35-37-39-41-45-58-51(53)49-44-43-48(60(55,56)57)47-50(49)52(54)59-46-42-40-38-36-34-32-30-28-26-24-22-20-18-16-14-12-10-8-6-4-2;/h31-34,43-44,47H,3-30,35-42,45-46H2,1-2H3,(H,55,56,57);/q;+1/p-1/b33-31+,34-32+;. The molecule has 0 aliphatic carbocycles. The molecule has 0 atom stereocenters. The molecule has 0 N–H and O–H groups in total. The van der Waals surface area contributed by atoms with Crippen LogP contribution >= 0.6 is 0 Å². The van der Waals surface area contributed by atoms with Gasteiger partial charge < -0.3 is 14.0 Å². The fourth-order valence-electron chi connectivity index (χ4n) is 7.62. The summed E-state index contributed by atoms with van der Waals surface area (Å²) >= 11 is 0. The number of ether oxygens (including phenoxy) is 2. The van der Waals surface area contributed by atoms with E-state index in [2.05, 4.69) is 38.2 Å². The molecule has 0 heterocycles. The van der Waals surface area contributed by atoms with Crippen LogP contribution in [-0.2, 0) is 19.6 Å². The molecule has 0 spiro atoms. The Morgan fingerprint density at radius 1 is 0.443 bits per heavy atom. The zero-order valence-electron chi connectivity index (χ0n) is 39.7. The van der Waals surface area contributed by atoms with Gasteiger partial charge >= 0.3 is 63.3 Å². The topological polar surface area (TPSA) is 110 Å².